The van der Waals surface area contributed by atoms with Gasteiger partial charge in [0, 0.05) is 32.8 Å². The third-order valence-corrected chi connectivity index (χ3v) is 3.17. The number of nitrogens with one attached hydrogen (secondary N) is 1. The summed E-state index contributed by atoms with van der Waals surface area (Å²) < 4.78 is 5.34. The zero-order valence-corrected chi connectivity index (χ0v) is 12.9. The summed E-state index contributed by atoms with van der Waals surface area (Å²) in [5.41, 5.74) is 1.05. The van der Waals surface area contributed by atoms with E-state index in [-0.39, 0.29) is 25.7 Å². The minimum absolute atomic E-state index is 0.0276. The van der Waals surface area contributed by atoms with E-state index in [0.29, 0.717) is 39.2 Å². The first-order valence-electron chi connectivity index (χ1n) is 7.58. The molecule has 0 saturated heterocycles. The molecule has 0 heterocycles. The minimum atomic E-state index is -0.145. The highest BCUT2D eigenvalue weighted by atomic mass is 16.5. The van der Waals surface area contributed by atoms with Crippen molar-refractivity contribution in [2.45, 2.75) is 13.0 Å². The molecule has 0 fully saturated rings. The lowest BCUT2D eigenvalue weighted by Crippen LogP contribution is -2.33. The van der Waals surface area contributed by atoms with Gasteiger partial charge in [-0.25, -0.2) is 0 Å². The summed E-state index contributed by atoms with van der Waals surface area (Å²) in [6.45, 7) is 3.03. The Hall–Kier alpha value is -1.47. The molecule has 1 amide bonds. The Morgan fingerprint density at radius 1 is 1.09 bits per heavy atom. The lowest BCUT2D eigenvalue weighted by molar-refractivity contribution is -0.126. The molecule has 1 aromatic carbocycles. The Balaban J connectivity index is 2.10. The highest BCUT2D eigenvalue weighted by Gasteiger charge is 2.05. The number of aliphatic hydroxyl groups excluding tert-OH is 2. The predicted octanol–water partition coefficient (Wildman–Crippen LogP) is -0.00390. The van der Waals surface area contributed by atoms with Crippen molar-refractivity contribution in [1.29, 1.82) is 0 Å². The topological polar surface area (TPSA) is 82.0 Å². The molecule has 0 spiro atoms. The van der Waals surface area contributed by atoms with Crippen molar-refractivity contribution in [2.24, 2.45) is 0 Å². The van der Waals surface area contributed by atoms with Crippen LogP contribution in [0.25, 0.3) is 0 Å². The molecule has 1 aromatic rings. The average molecular weight is 310 g/mol. The Kier molecular flexibility index (Phi) is 10.2. The summed E-state index contributed by atoms with van der Waals surface area (Å²) in [7, 11) is 0. The van der Waals surface area contributed by atoms with Gasteiger partial charge in [0.15, 0.2) is 0 Å². The van der Waals surface area contributed by atoms with Crippen molar-refractivity contribution in [3.8, 4) is 0 Å². The minimum Gasteiger partial charge on any atom is -0.396 e. The van der Waals surface area contributed by atoms with Crippen LogP contribution in [0.1, 0.15) is 12.0 Å². The third-order valence-electron chi connectivity index (χ3n) is 3.17. The van der Waals surface area contributed by atoms with E-state index in [0.717, 1.165) is 5.56 Å². The number of aliphatic hydroxyl groups is 2. The molecule has 6 nitrogen and oxygen atoms in total. The van der Waals surface area contributed by atoms with E-state index in [9.17, 15) is 4.79 Å². The first-order chi connectivity index (χ1) is 10.8. The quantitative estimate of drug-likeness (QED) is 0.473. The summed E-state index contributed by atoms with van der Waals surface area (Å²) in [5.74, 6) is -0.145. The summed E-state index contributed by atoms with van der Waals surface area (Å²) in [6, 6.07) is 9.70. The standard InChI is InChI=1S/C16H26N2O4/c19-10-4-7-18(8-11-20)9-12-22-14-16(21)17-13-15-5-2-1-3-6-15/h1-3,5-6,19-20H,4,7-14H2,(H,17,21). The van der Waals surface area contributed by atoms with Crippen molar-refractivity contribution < 1.29 is 19.7 Å². The van der Waals surface area contributed by atoms with Crippen LogP contribution in [0.15, 0.2) is 30.3 Å². The maximum Gasteiger partial charge on any atom is 0.246 e. The van der Waals surface area contributed by atoms with Crippen molar-refractivity contribution in [1.82, 2.24) is 10.2 Å². The third kappa shape index (κ3) is 8.74. The fourth-order valence-electron chi connectivity index (χ4n) is 1.98. The van der Waals surface area contributed by atoms with Crippen molar-refractivity contribution in [2.75, 3.05) is 46.1 Å². The zero-order valence-electron chi connectivity index (χ0n) is 12.9. The molecule has 0 aliphatic heterocycles. The Morgan fingerprint density at radius 3 is 2.55 bits per heavy atom. The first kappa shape index (κ1) is 18.6. The van der Waals surface area contributed by atoms with Gasteiger partial charge >= 0.3 is 0 Å². The summed E-state index contributed by atoms with van der Waals surface area (Å²) >= 11 is 0. The summed E-state index contributed by atoms with van der Waals surface area (Å²) in [4.78, 5) is 13.6. The van der Waals surface area contributed by atoms with Gasteiger partial charge in [0.2, 0.25) is 5.91 Å². The highest BCUT2D eigenvalue weighted by molar-refractivity contribution is 5.77. The van der Waals surface area contributed by atoms with Crippen LogP contribution in [-0.4, -0.2) is 67.1 Å². The van der Waals surface area contributed by atoms with E-state index in [1.165, 1.54) is 0 Å². The van der Waals surface area contributed by atoms with Crippen LogP contribution in [-0.2, 0) is 16.1 Å². The Morgan fingerprint density at radius 2 is 1.86 bits per heavy atom. The van der Waals surface area contributed by atoms with E-state index >= 15 is 0 Å². The molecule has 0 aromatic heterocycles. The lowest BCUT2D eigenvalue weighted by Gasteiger charge is -2.20. The first-order valence-corrected chi connectivity index (χ1v) is 7.58. The predicted molar refractivity (Wildman–Crippen MR) is 84.3 cm³/mol. The van der Waals surface area contributed by atoms with Crippen LogP contribution in [0, 0.1) is 0 Å². The number of ether oxygens (including phenoxy) is 1. The van der Waals surface area contributed by atoms with Crippen LogP contribution < -0.4 is 5.32 Å². The second-order valence-electron chi connectivity index (χ2n) is 4.96. The maximum atomic E-state index is 11.6. The van der Waals surface area contributed by atoms with Gasteiger partial charge in [-0.3, -0.25) is 9.69 Å². The second kappa shape index (κ2) is 12.1. The van der Waals surface area contributed by atoms with Gasteiger partial charge in [0.1, 0.15) is 6.61 Å². The van der Waals surface area contributed by atoms with Gasteiger partial charge in [-0.1, -0.05) is 30.3 Å². The maximum absolute atomic E-state index is 11.6. The van der Waals surface area contributed by atoms with Crippen molar-refractivity contribution in [3.63, 3.8) is 0 Å². The van der Waals surface area contributed by atoms with Gasteiger partial charge < -0.3 is 20.3 Å². The van der Waals surface area contributed by atoms with Crippen LogP contribution in [0.2, 0.25) is 0 Å². The number of carbonyl (C=O) groups is 1. The molecular weight excluding hydrogens is 284 g/mol. The molecule has 1 rings (SSSR count). The van der Waals surface area contributed by atoms with E-state index in [2.05, 4.69) is 5.32 Å². The molecule has 0 unspecified atom stereocenters. The fraction of sp³-hybridized carbons (Fsp3) is 0.562. The lowest BCUT2D eigenvalue weighted by atomic mass is 10.2. The Bertz CT molecular complexity index is 400. The molecule has 3 N–H and O–H groups in total. The number of amides is 1. The highest BCUT2D eigenvalue weighted by Crippen LogP contribution is 1.97. The fourth-order valence-corrected chi connectivity index (χ4v) is 1.98. The van der Waals surface area contributed by atoms with Crippen LogP contribution in [0.5, 0.6) is 0 Å². The second-order valence-corrected chi connectivity index (χ2v) is 4.96. The average Bonchev–Trinajstić information content (AvgIpc) is 2.55. The van der Waals surface area contributed by atoms with E-state index < -0.39 is 0 Å². The monoisotopic (exact) mass is 310 g/mol. The van der Waals surface area contributed by atoms with Gasteiger partial charge in [-0.05, 0) is 12.0 Å². The number of hydrogen-bond acceptors (Lipinski definition) is 5. The number of nitrogens with zero attached hydrogens (tertiary/aromatic N) is 1. The van der Waals surface area contributed by atoms with Crippen molar-refractivity contribution >= 4 is 5.91 Å². The largest absolute Gasteiger partial charge is 0.396 e. The van der Waals surface area contributed by atoms with Gasteiger partial charge in [-0.15, -0.1) is 0 Å². The number of rotatable bonds is 12. The normalized spacial score (nSPS) is 10.9. The SMILES string of the molecule is O=C(COCCN(CCO)CCCO)NCc1ccccc1. The van der Waals surface area contributed by atoms with Crippen LogP contribution in [0.4, 0.5) is 0 Å². The van der Waals surface area contributed by atoms with Gasteiger partial charge in [0.05, 0.1) is 13.2 Å². The summed E-state index contributed by atoms with van der Waals surface area (Å²) in [6.07, 6.45) is 0.664. The Labute approximate surface area is 131 Å². The molecule has 0 atom stereocenters. The molecule has 0 saturated carbocycles. The molecule has 0 aliphatic rings. The van der Waals surface area contributed by atoms with Gasteiger partial charge in [-0.2, -0.15) is 0 Å². The molecule has 0 radical (unpaired) electrons. The number of benzene rings is 1. The van der Waals surface area contributed by atoms with E-state index in [1.54, 1.807) is 0 Å². The smallest absolute Gasteiger partial charge is 0.246 e. The number of hydrogen-bond donors (Lipinski definition) is 3. The van der Waals surface area contributed by atoms with E-state index in [1.807, 2.05) is 35.2 Å². The van der Waals surface area contributed by atoms with Crippen molar-refractivity contribution in [3.05, 3.63) is 35.9 Å². The molecule has 0 aliphatic carbocycles. The van der Waals surface area contributed by atoms with Gasteiger partial charge in [0.25, 0.3) is 0 Å². The summed E-state index contributed by atoms with van der Waals surface area (Å²) in [5, 5.41) is 20.6. The van der Waals surface area contributed by atoms with Crippen LogP contribution >= 0.6 is 0 Å². The molecule has 22 heavy (non-hydrogen) atoms. The van der Waals surface area contributed by atoms with Crippen LogP contribution in [0.3, 0.4) is 0 Å². The molecule has 0 bridgehead atoms. The molecule has 6 heteroatoms. The molecular formula is C16H26N2O4. The van der Waals surface area contributed by atoms with E-state index in [4.69, 9.17) is 14.9 Å². The molecule has 124 valence electrons. The zero-order chi connectivity index (χ0) is 16.0. The number of carbonyl (C=O) groups excluding carboxylic acids is 1.